The summed E-state index contributed by atoms with van der Waals surface area (Å²) in [7, 11) is 1.41. The number of methoxy groups -OCH3 is 1. The Labute approximate surface area is 107 Å². The Bertz CT molecular complexity index is 447. The Hall–Kier alpha value is -1.58. The van der Waals surface area contributed by atoms with Crippen LogP contribution in [0, 0.1) is 11.7 Å². The summed E-state index contributed by atoms with van der Waals surface area (Å²) in [6.07, 6.45) is 2.17. The normalized spacial score (nSPS) is 19.7. The molecule has 0 N–H and O–H groups in total. The molecule has 1 aliphatic rings. The van der Waals surface area contributed by atoms with Gasteiger partial charge in [0.25, 0.3) is 5.91 Å². The van der Waals surface area contributed by atoms with Crippen molar-refractivity contribution in [2.75, 3.05) is 20.2 Å². The van der Waals surface area contributed by atoms with E-state index < -0.39 is 5.82 Å². The first kappa shape index (κ1) is 12.9. The van der Waals surface area contributed by atoms with E-state index in [2.05, 4.69) is 6.92 Å². The van der Waals surface area contributed by atoms with E-state index in [4.69, 9.17) is 4.74 Å². The highest BCUT2D eigenvalue weighted by atomic mass is 19.1. The minimum Gasteiger partial charge on any atom is -0.494 e. The number of hydrogen-bond acceptors (Lipinski definition) is 2. The van der Waals surface area contributed by atoms with Crippen molar-refractivity contribution in [3.63, 3.8) is 0 Å². The fourth-order valence-electron chi connectivity index (χ4n) is 2.36. The standard InChI is InChI=1S/C14H18FNO2/c1-10-4-3-7-16(9-10)14(17)11-5-6-13(18-2)12(15)8-11/h5-6,8,10H,3-4,7,9H2,1-2H3/t10-/m1/s1. The van der Waals surface area contributed by atoms with Crippen LogP contribution < -0.4 is 4.74 Å². The molecule has 0 aromatic heterocycles. The van der Waals surface area contributed by atoms with Crippen molar-refractivity contribution in [3.8, 4) is 5.75 Å². The average Bonchev–Trinajstić information content (AvgIpc) is 2.37. The molecule has 2 rings (SSSR count). The van der Waals surface area contributed by atoms with Gasteiger partial charge in [0.15, 0.2) is 11.6 Å². The molecule has 0 aliphatic carbocycles. The number of nitrogens with zero attached hydrogens (tertiary/aromatic N) is 1. The van der Waals surface area contributed by atoms with E-state index >= 15 is 0 Å². The summed E-state index contributed by atoms with van der Waals surface area (Å²) in [5.41, 5.74) is 0.391. The zero-order valence-electron chi connectivity index (χ0n) is 10.8. The SMILES string of the molecule is COc1ccc(C(=O)N2CCC[C@@H](C)C2)cc1F. The minimum absolute atomic E-state index is 0.0943. The lowest BCUT2D eigenvalue weighted by atomic mass is 9.99. The van der Waals surface area contributed by atoms with Gasteiger partial charge in [-0.15, -0.1) is 0 Å². The molecule has 1 atom stereocenters. The largest absolute Gasteiger partial charge is 0.494 e. The van der Waals surface area contributed by atoms with Crippen LogP contribution in [-0.4, -0.2) is 31.0 Å². The second kappa shape index (κ2) is 5.38. The van der Waals surface area contributed by atoms with Crippen molar-refractivity contribution in [1.29, 1.82) is 0 Å². The first-order valence-electron chi connectivity index (χ1n) is 6.24. The van der Waals surface area contributed by atoms with E-state index in [1.54, 1.807) is 11.0 Å². The Kier molecular flexibility index (Phi) is 3.84. The van der Waals surface area contributed by atoms with Crippen molar-refractivity contribution < 1.29 is 13.9 Å². The smallest absolute Gasteiger partial charge is 0.253 e. The molecule has 0 saturated carbocycles. The third-order valence-corrected chi connectivity index (χ3v) is 3.34. The minimum atomic E-state index is -0.492. The molecule has 1 amide bonds. The number of rotatable bonds is 2. The van der Waals surface area contributed by atoms with Gasteiger partial charge in [-0.2, -0.15) is 0 Å². The average molecular weight is 251 g/mol. The Morgan fingerprint density at radius 1 is 1.50 bits per heavy atom. The van der Waals surface area contributed by atoms with E-state index in [0.29, 0.717) is 11.5 Å². The number of piperidine rings is 1. The Balaban J connectivity index is 2.15. The highest BCUT2D eigenvalue weighted by Gasteiger charge is 2.22. The van der Waals surface area contributed by atoms with Crippen LogP contribution in [0.3, 0.4) is 0 Å². The summed E-state index contributed by atoms with van der Waals surface area (Å²) in [6.45, 7) is 3.65. The van der Waals surface area contributed by atoms with E-state index in [9.17, 15) is 9.18 Å². The molecule has 0 radical (unpaired) electrons. The van der Waals surface area contributed by atoms with Gasteiger partial charge in [0, 0.05) is 18.7 Å². The lowest BCUT2D eigenvalue weighted by Gasteiger charge is -2.31. The number of ether oxygens (including phenoxy) is 1. The fourth-order valence-corrected chi connectivity index (χ4v) is 2.36. The molecule has 1 saturated heterocycles. The quantitative estimate of drug-likeness (QED) is 0.808. The molecule has 1 heterocycles. The number of hydrogen-bond donors (Lipinski definition) is 0. The van der Waals surface area contributed by atoms with Gasteiger partial charge in [-0.1, -0.05) is 6.92 Å². The summed E-state index contributed by atoms with van der Waals surface area (Å²) in [4.78, 5) is 14.0. The van der Waals surface area contributed by atoms with Gasteiger partial charge in [0.05, 0.1) is 7.11 Å². The fraction of sp³-hybridized carbons (Fsp3) is 0.500. The highest BCUT2D eigenvalue weighted by molar-refractivity contribution is 5.94. The highest BCUT2D eigenvalue weighted by Crippen LogP contribution is 2.21. The summed E-state index contributed by atoms with van der Waals surface area (Å²) in [5, 5.41) is 0. The molecular weight excluding hydrogens is 233 g/mol. The monoisotopic (exact) mass is 251 g/mol. The molecule has 18 heavy (non-hydrogen) atoms. The van der Waals surface area contributed by atoms with Crippen molar-refractivity contribution in [3.05, 3.63) is 29.6 Å². The third kappa shape index (κ3) is 2.63. The maximum absolute atomic E-state index is 13.6. The van der Waals surface area contributed by atoms with Gasteiger partial charge in [0.1, 0.15) is 0 Å². The predicted octanol–water partition coefficient (Wildman–Crippen LogP) is 2.71. The molecule has 98 valence electrons. The van der Waals surface area contributed by atoms with Crippen LogP contribution in [0.2, 0.25) is 0 Å². The third-order valence-electron chi connectivity index (χ3n) is 3.34. The van der Waals surface area contributed by atoms with Crippen LogP contribution in [0.1, 0.15) is 30.1 Å². The number of benzene rings is 1. The second-order valence-electron chi connectivity index (χ2n) is 4.85. The van der Waals surface area contributed by atoms with E-state index in [1.165, 1.54) is 19.2 Å². The molecule has 3 nitrogen and oxygen atoms in total. The molecular formula is C14H18FNO2. The summed E-state index contributed by atoms with van der Waals surface area (Å²) >= 11 is 0. The van der Waals surface area contributed by atoms with E-state index in [1.807, 2.05) is 0 Å². The molecule has 0 bridgehead atoms. The first-order chi connectivity index (χ1) is 8.61. The Morgan fingerprint density at radius 3 is 2.89 bits per heavy atom. The van der Waals surface area contributed by atoms with Crippen molar-refractivity contribution >= 4 is 5.91 Å². The molecule has 1 aromatic carbocycles. The lowest BCUT2D eigenvalue weighted by molar-refractivity contribution is 0.0682. The van der Waals surface area contributed by atoms with Gasteiger partial charge >= 0.3 is 0 Å². The lowest BCUT2D eigenvalue weighted by Crippen LogP contribution is -2.39. The second-order valence-corrected chi connectivity index (χ2v) is 4.85. The Morgan fingerprint density at radius 2 is 2.28 bits per heavy atom. The van der Waals surface area contributed by atoms with Gasteiger partial charge in [-0.3, -0.25) is 4.79 Å². The zero-order valence-corrected chi connectivity index (χ0v) is 10.8. The maximum Gasteiger partial charge on any atom is 0.253 e. The predicted molar refractivity (Wildman–Crippen MR) is 67.3 cm³/mol. The van der Waals surface area contributed by atoms with Gasteiger partial charge in [-0.25, -0.2) is 4.39 Å². The van der Waals surface area contributed by atoms with E-state index in [0.717, 1.165) is 25.9 Å². The van der Waals surface area contributed by atoms with Crippen molar-refractivity contribution in [2.24, 2.45) is 5.92 Å². The van der Waals surface area contributed by atoms with Crippen molar-refractivity contribution in [1.82, 2.24) is 4.90 Å². The number of carbonyl (C=O) groups is 1. The van der Waals surface area contributed by atoms with Gasteiger partial charge in [0.2, 0.25) is 0 Å². The first-order valence-corrected chi connectivity index (χ1v) is 6.24. The molecule has 0 unspecified atom stereocenters. The number of amides is 1. The summed E-state index contributed by atoms with van der Waals surface area (Å²) < 4.78 is 18.4. The molecule has 0 spiro atoms. The van der Waals surface area contributed by atoms with Gasteiger partial charge in [-0.05, 0) is 37.0 Å². The maximum atomic E-state index is 13.6. The van der Waals surface area contributed by atoms with Crippen LogP contribution in [0.4, 0.5) is 4.39 Å². The topological polar surface area (TPSA) is 29.5 Å². The van der Waals surface area contributed by atoms with E-state index in [-0.39, 0.29) is 11.7 Å². The molecule has 1 aliphatic heterocycles. The summed E-state index contributed by atoms with van der Waals surface area (Å²) in [5.74, 6) is 0.0980. The van der Waals surface area contributed by atoms with Crippen LogP contribution in [0.25, 0.3) is 0 Å². The zero-order chi connectivity index (χ0) is 13.1. The molecule has 1 fully saturated rings. The number of halogens is 1. The van der Waals surface area contributed by atoms with Gasteiger partial charge < -0.3 is 9.64 Å². The number of carbonyl (C=O) groups excluding carboxylic acids is 1. The molecule has 1 aromatic rings. The van der Waals surface area contributed by atoms with Crippen molar-refractivity contribution in [2.45, 2.75) is 19.8 Å². The van der Waals surface area contributed by atoms with Crippen LogP contribution in [-0.2, 0) is 0 Å². The molecule has 4 heteroatoms. The van der Waals surface area contributed by atoms with Crippen LogP contribution in [0.5, 0.6) is 5.75 Å². The van der Waals surface area contributed by atoms with Crippen LogP contribution >= 0.6 is 0 Å². The number of likely N-dealkylation sites (tertiary alicyclic amines) is 1. The summed E-state index contributed by atoms with van der Waals surface area (Å²) in [6, 6.07) is 4.36. The van der Waals surface area contributed by atoms with Crippen LogP contribution in [0.15, 0.2) is 18.2 Å².